The van der Waals surface area contributed by atoms with Gasteiger partial charge in [-0.25, -0.2) is 0 Å². The fourth-order valence-electron chi connectivity index (χ4n) is 1.77. The molecule has 0 aromatic heterocycles. The highest BCUT2D eigenvalue weighted by atomic mass is 35.5. The fraction of sp³-hybridized carbons (Fsp3) is 0.400. The molecular formula is C10H13ClN2O. The van der Waals surface area contributed by atoms with E-state index >= 15 is 0 Å². The van der Waals surface area contributed by atoms with E-state index < -0.39 is 6.10 Å². The van der Waals surface area contributed by atoms with Crippen LogP contribution < -0.4 is 11.1 Å². The van der Waals surface area contributed by atoms with Crippen LogP contribution in [-0.2, 0) is 6.42 Å². The van der Waals surface area contributed by atoms with E-state index in [0.29, 0.717) is 5.02 Å². The first-order chi connectivity index (χ1) is 6.72. The van der Waals surface area contributed by atoms with Gasteiger partial charge in [0, 0.05) is 6.54 Å². The summed E-state index contributed by atoms with van der Waals surface area (Å²) in [6.07, 6.45) is 0.271. The van der Waals surface area contributed by atoms with Gasteiger partial charge in [0.1, 0.15) is 0 Å². The molecule has 0 bridgehead atoms. The predicted octanol–water partition coefficient (Wildman–Crippen LogP) is 0.996. The van der Waals surface area contributed by atoms with Gasteiger partial charge in [0.05, 0.1) is 22.9 Å². The Balaban J connectivity index is 2.22. The van der Waals surface area contributed by atoms with Crippen LogP contribution in [0.5, 0.6) is 0 Å². The van der Waals surface area contributed by atoms with E-state index in [4.69, 9.17) is 17.3 Å². The third-order valence-electron chi connectivity index (χ3n) is 2.58. The Morgan fingerprint density at radius 1 is 1.64 bits per heavy atom. The van der Waals surface area contributed by atoms with E-state index in [9.17, 15) is 5.11 Å². The van der Waals surface area contributed by atoms with Gasteiger partial charge in [-0.3, -0.25) is 0 Å². The lowest BCUT2D eigenvalue weighted by Crippen LogP contribution is -2.37. The van der Waals surface area contributed by atoms with Gasteiger partial charge in [0.25, 0.3) is 0 Å². The number of anilines is 1. The Kier molecular flexibility index (Phi) is 2.63. The Morgan fingerprint density at radius 2 is 2.43 bits per heavy atom. The number of aliphatic hydroxyl groups excluding tert-OH is 1. The fourth-order valence-corrected chi connectivity index (χ4v) is 2.02. The molecule has 3 nitrogen and oxygen atoms in total. The molecule has 0 fully saturated rings. The van der Waals surface area contributed by atoms with E-state index in [-0.39, 0.29) is 12.6 Å². The minimum absolute atomic E-state index is 0.00472. The summed E-state index contributed by atoms with van der Waals surface area (Å²) < 4.78 is 0. The maximum Gasteiger partial charge on any atom is 0.0866 e. The standard InChI is InChI=1S/C10H13ClN2O/c11-7-3-1-2-6-4-8(9(14)5-12)13-10(6)7/h1-3,8-9,13-14H,4-5,12H2. The first-order valence-corrected chi connectivity index (χ1v) is 5.02. The van der Waals surface area contributed by atoms with Crippen LogP contribution in [0.4, 0.5) is 5.69 Å². The molecule has 1 heterocycles. The lowest BCUT2D eigenvalue weighted by atomic mass is 10.1. The van der Waals surface area contributed by atoms with E-state index in [1.165, 1.54) is 0 Å². The van der Waals surface area contributed by atoms with Crippen LogP contribution in [0.3, 0.4) is 0 Å². The van der Waals surface area contributed by atoms with Crippen molar-refractivity contribution in [2.75, 3.05) is 11.9 Å². The maximum absolute atomic E-state index is 9.59. The molecule has 0 radical (unpaired) electrons. The quantitative estimate of drug-likeness (QED) is 0.686. The molecule has 2 unspecified atom stereocenters. The topological polar surface area (TPSA) is 58.3 Å². The first-order valence-electron chi connectivity index (χ1n) is 4.64. The number of hydrogen-bond acceptors (Lipinski definition) is 3. The number of halogens is 1. The molecule has 4 N–H and O–H groups in total. The van der Waals surface area contributed by atoms with Crippen molar-refractivity contribution in [3.8, 4) is 0 Å². The van der Waals surface area contributed by atoms with Crippen LogP contribution >= 0.6 is 11.6 Å². The van der Waals surface area contributed by atoms with Gasteiger partial charge in [-0.15, -0.1) is 0 Å². The van der Waals surface area contributed by atoms with Crippen LogP contribution in [0.2, 0.25) is 5.02 Å². The second-order valence-corrected chi connectivity index (χ2v) is 3.94. The summed E-state index contributed by atoms with van der Waals surface area (Å²) in [4.78, 5) is 0. The highest BCUT2D eigenvalue weighted by molar-refractivity contribution is 6.33. The van der Waals surface area contributed by atoms with Crippen LogP contribution in [0.25, 0.3) is 0 Å². The van der Waals surface area contributed by atoms with E-state index in [2.05, 4.69) is 5.32 Å². The van der Waals surface area contributed by atoms with Crippen LogP contribution in [0, 0.1) is 0 Å². The molecule has 1 aromatic carbocycles. The highest BCUT2D eigenvalue weighted by Gasteiger charge is 2.26. The average molecular weight is 213 g/mol. The van der Waals surface area contributed by atoms with Crippen molar-refractivity contribution in [3.63, 3.8) is 0 Å². The molecule has 0 saturated carbocycles. The lowest BCUT2D eigenvalue weighted by Gasteiger charge is -2.16. The minimum atomic E-state index is -0.515. The van der Waals surface area contributed by atoms with Gasteiger partial charge in [-0.2, -0.15) is 0 Å². The number of nitrogens with one attached hydrogen (secondary N) is 1. The van der Waals surface area contributed by atoms with Crippen molar-refractivity contribution < 1.29 is 5.11 Å². The van der Waals surface area contributed by atoms with Crippen LogP contribution in [-0.4, -0.2) is 23.8 Å². The van der Waals surface area contributed by atoms with Gasteiger partial charge in [-0.1, -0.05) is 23.7 Å². The number of hydrogen-bond donors (Lipinski definition) is 3. The molecule has 14 heavy (non-hydrogen) atoms. The second-order valence-electron chi connectivity index (χ2n) is 3.53. The molecule has 4 heteroatoms. The van der Waals surface area contributed by atoms with E-state index in [1.54, 1.807) is 0 Å². The van der Waals surface area contributed by atoms with Crippen molar-refractivity contribution >= 4 is 17.3 Å². The molecule has 0 aliphatic carbocycles. The number of benzene rings is 1. The molecule has 0 spiro atoms. The van der Waals surface area contributed by atoms with Crippen LogP contribution in [0.15, 0.2) is 18.2 Å². The Bertz CT molecular complexity index is 343. The Labute approximate surface area is 87.9 Å². The van der Waals surface area contributed by atoms with Crippen molar-refractivity contribution in [2.45, 2.75) is 18.6 Å². The smallest absolute Gasteiger partial charge is 0.0866 e. The summed E-state index contributed by atoms with van der Waals surface area (Å²) in [5, 5.41) is 13.5. The molecular weight excluding hydrogens is 200 g/mol. The zero-order valence-electron chi connectivity index (χ0n) is 7.70. The first kappa shape index (κ1) is 9.77. The third-order valence-corrected chi connectivity index (χ3v) is 2.89. The Morgan fingerprint density at radius 3 is 3.07 bits per heavy atom. The molecule has 76 valence electrons. The molecule has 2 atom stereocenters. The molecule has 1 aliphatic rings. The molecule has 0 amide bonds. The van der Waals surface area contributed by atoms with Crippen molar-refractivity contribution in [1.82, 2.24) is 0 Å². The van der Waals surface area contributed by atoms with Crippen molar-refractivity contribution in [1.29, 1.82) is 0 Å². The van der Waals surface area contributed by atoms with Gasteiger partial charge >= 0.3 is 0 Å². The van der Waals surface area contributed by atoms with Crippen molar-refractivity contribution in [3.05, 3.63) is 28.8 Å². The average Bonchev–Trinajstić information content (AvgIpc) is 2.62. The normalized spacial score (nSPS) is 21.5. The van der Waals surface area contributed by atoms with Gasteiger partial charge in [0.15, 0.2) is 0 Å². The SMILES string of the molecule is NCC(O)C1Cc2cccc(Cl)c2N1. The summed E-state index contributed by atoms with van der Waals surface area (Å²) in [5.74, 6) is 0. The zero-order valence-corrected chi connectivity index (χ0v) is 8.46. The number of aliphatic hydroxyl groups is 1. The molecule has 2 rings (SSSR count). The number of fused-ring (bicyclic) bond motifs is 1. The third kappa shape index (κ3) is 1.59. The summed E-state index contributed by atoms with van der Waals surface area (Å²) in [7, 11) is 0. The largest absolute Gasteiger partial charge is 0.390 e. The van der Waals surface area contributed by atoms with Gasteiger partial charge < -0.3 is 16.2 Å². The van der Waals surface area contributed by atoms with Crippen LogP contribution in [0.1, 0.15) is 5.56 Å². The monoisotopic (exact) mass is 212 g/mol. The second kappa shape index (κ2) is 3.77. The summed E-state index contributed by atoms with van der Waals surface area (Å²) in [6, 6.07) is 5.76. The van der Waals surface area contributed by atoms with Gasteiger partial charge in [0.2, 0.25) is 0 Å². The number of nitrogens with two attached hydrogens (primary N) is 1. The maximum atomic E-state index is 9.59. The number of para-hydroxylation sites is 1. The summed E-state index contributed by atoms with van der Waals surface area (Å²) in [6.45, 7) is 0.267. The molecule has 0 saturated heterocycles. The minimum Gasteiger partial charge on any atom is -0.390 e. The molecule has 1 aromatic rings. The number of rotatable bonds is 2. The van der Waals surface area contributed by atoms with Gasteiger partial charge in [-0.05, 0) is 18.1 Å². The van der Waals surface area contributed by atoms with Crippen molar-refractivity contribution in [2.24, 2.45) is 5.73 Å². The summed E-state index contributed by atoms with van der Waals surface area (Å²) >= 11 is 6.01. The van der Waals surface area contributed by atoms with E-state index in [1.807, 2.05) is 18.2 Å². The highest BCUT2D eigenvalue weighted by Crippen LogP contribution is 2.33. The summed E-state index contributed by atoms with van der Waals surface area (Å²) in [5.41, 5.74) is 7.49. The molecule has 1 aliphatic heterocycles. The van der Waals surface area contributed by atoms with E-state index in [0.717, 1.165) is 17.7 Å². The Hall–Kier alpha value is -0.770. The predicted molar refractivity (Wildman–Crippen MR) is 57.6 cm³/mol. The lowest BCUT2D eigenvalue weighted by molar-refractivity contribution is 0.162. The zero-order chi connectivity index (χ0) is 10.1.